The Morgan fingerprint density at radius 1 is 0.949 bits per heavy atom. The van der Waals surface area contributed by atoms with Crippen LogP contribution < -0.4 is 31.4 Å². The summed E-state index contributed by atoms with van der Waals surface area (Å²) in [4.78, 5) is 67.2. The highest BCUT2D eigenvalue weighted by Gasteiger charge is 2.39. The minimum atomic E-state index is -1.01. The molecule has 7 heterocycles. The number of piperidine rings is 1. The normalized spacial score (nSPS) is 20.6. The molecule has 59 heavy (non-hydrogen) atoms. The second kappa shape index (κ2) is 14.3. The number of anilines is 4. The van der Waals surface area contributed by atoms with E-state index >= 15 is 0 Å². The Morgan fingerprint density at radius 2 is 1.75 bits per heavy atom. The fourth-order valence-electron chi connectivity index (χ4n) is 8.88. The monoisotopic (exact) mass is 798 g/mol. The van der Waals surface area contributed by atoms with E-state index in [9.17, 15) is 23.6 Å². The number of alkyl halides is 1. The molecule has 3 fully saturated rings. The molecule has 3 aliphatic heterocycles. The lowest BCUT2D eigenvalue weighted by molar-refractivity contribution is -0.135. The van der Waals surface area contributed by atoms with Gasteiger partial charge in [-0.3, -0.25) is 38.7 Å². The van der Waals surface area contributed by atoms with E-state index in [1.165, 1.54) is 20.8 Å². The zero-order chi connectivity index (χ0) is 40.5. The van der Waals surface area contributed by atoms with Gasteiger partial charge in [-0.15, -0.1) is 5.10 Å². The van der Waals surface area contributed by atoms with Gasteiger partial charge in [0.25, 0.3) is 5.91 Å². The first-order chi connectivity index (χ1) is 28.7. The molecule has 3 N–H and O–H groups in total. The molecule has 16 nitrogen and oxygen atoms in total. The number of carbonyl (C=O) groups is 3. The van der Waals surface area contributed by atoms with Gasteiger partial charge in [0.15, 0.2) is 17.2 Å². The third-order valence-electron chi connectivity index (χ3n) is 12.1. The molecule has 1 unspecified atom stereocenters. The van der Waals surface area contributed by atoms with Gasteiger partial charge in [-0.2, -0.15) is 0 Å². The number of piperazine rings is 1. The van der Waals surface area contributed by atoms with Gasteiger partial charge in [0.2, 0.25) is 11.8 Å². The van der Waals surface area contributed by atoms with Crippen molar-refractivity contribution >= 4 is 57.3 Å². The second-order valence-electron chi connectivity index (χ2n) is 15.7. The average Bonchev–Trinajstić information content (AvgIpc) is 3.54. The predicted octanol–water partition coefficient (Wildman–Crippen LogP) is 3.32. The highest BCUT2D eigenvalue weighted by molar-refractivity contribution is 6.00. The summed E-state index contributed by atoms with van der Waals surface area (Å²) in [5.74, 6) is -0.494. The standard InChI is InChI=1S/C42H43FN12O4/c1-44-30-20-36(49-55-35(22-46-39(30)55)41(58)47-29-19-27(29)43)53-14-13-26-25(5-3-6-31(26)53)28-10-9-24(21-45-28)23-51-15-17-52(18-16-51)32-7-4-8-33-38(32)50(2)42(59)54(33)34-11-12-37(56)48-40(34)57/h3-10,20-22,27,29,34,44H,11-19,23H2,1-2H3,(H,47,58)(H,48,56,57)/t27-,29+,34?/m0/s1. The van der Waals surface area contributed by atoms with Gasteiger partial charge in [-0.1, -0.05) is 24.3 Å². The van der Waals surface area contributed by atoms with Gasteiger partial charge < -0.3 is 20.4 Å². The number of halogens is 1. The summed E-state index contributed by atoms with van der Waals surface area (Å²) in [5.41, 5.74) is 8.89. The van der Waals surface area contributed by atoms with Crippen molar-refractivity contribution in [2.24, 2.45) is 7.05 Å². The number of hydrogen-bond donors (Lipinski definition) is 3. The number of pyridine rings is 1. The zero-order valence-corrected chi connectivity index (χ0v) is 32.7. The number of imide groups is 1. The Bertz CT molecular complexity index is 2730. The summed E-state index contributed by atoms with van der Waals surface area (Å²) in [7, 11) is 3.54. The first-order valence-corrected chi connectivity index (χ1v) is 20.0. The number of aromatic nitrogens is 6. The predicted molar refractivity (Wildman–Crippen MR) is 220 cm³/mol. The summed E-state index contributed by atoms with van der Waals surface area (Å²) >= 11 is 0. The number of nitrogens with one attached hydrogen (secondary N) is 3. The SMILES string of the molecule is CNc1cc(N2CCc3c(-c4ccc(CN5CCN(c6cccc7c6n(C)c(=O)n7C6CCC(=O)NC6=O)CC5)cn4)cccc32)nn2c(C(=O)N[C@@H]3C[C@@H]3F)cnc12. The molecule has 3 atom stereocenters. The van der Waals surface area contributed by atoms with E-state index in [2.05, 4.69) is 59.9 Å². The van der Waals surface area contributed by atoms with Crippen LogP contribution in [0.4, 0.5) is 27.3 Å². The van der Waals surface area contributed by atoms with E-state index < -0.39 is 30.1 Å². The largest absolute Gasteiger partial charge is 0.385 e. The maximum atomic E-state index is 13.6. The minimum absolute atomic E-state index is 0.199. The molecule has 3 amide bonds. The number of fused-ring (bicyclic) bond motifs is 3. The van der Waals surface area contributed by atoms with Crippen LogP contribution in [0.2, 0.25) is 0 Å². The molecule has 1 saturated carbocycles. The maximum absolute atomic E-state index is 13.6. The van der Waals surface area contributed by atoms with Gasteiger partial charge in [-0.05, 0) is 48.2 Å². The van der Waals surface area contributed by atoms with Crippen LogP contribution in [0.5, 0.6) is 0 Å². The molecule has 6 aromatic rings. The van der Waals surface area contributed by atoms with Gasteiger partial charge in [0.1, 0.15) is 12.2 Å². The highest BCUT2D eigenvalue weighted by atomic mass is 19.1. The molecular formula is C42H43FN12O4. The number of hydrogen-bond acceptors (Lipinski definition) is 11. The smallest absolute Gasteiger partial charge is 0.329 e. The molecule has 1 aliphatic carbocycles. The first-order valence-electron chi connectivity index (χ1n) is 20.0. The van der Waals surface area contributed by atoms with E-state index in [1.807, 2.05) is 36.5 Å². The summed E-state index contributed by atoms with van der Waals surface area (Å²) in [6, 6.07) is 17.0. The molecule has 4 aliphatic rings. The van der Waals surface area contributed by atoms with Crippen LogP contribution in [0.1, 0.15) is 46.9 Å². The van der Waals surface area contributed by atoms with E-state index in [0.29, 0.717) is 36.4 Å². The van der Waals surface area contributed by atoms with Crippen LogP contribution >= 0.6 is 0 Å². The van der Waals surface area contributed by atoms with Crippen molar-refractivity contribution in [3.8, 4) is 11.3 Å². The quantitative estimate of drug-likeness (QED) is 0.184. The number of aryl methyl sites for hydroxylation is 1. The summed E-state index contributed by atoms with van der Waals surface area (Å²) in [5, 5.41) is 13.2. The number of benzene rings is 2. The number of imidazole rings is 2. The first kappa shape index (κ1) is 36.7. The minimum Gasteiger partial charge on any atom is -0.385 e. The van der Waals surface area contributed by atoms with Crippen LogP contribution in [0.25, 0.3) is 27.9 Å². The van der Waals surface area contributed by atoms with Crippen LogP contribution in [0.3, 0.4) is 0 Å². The van der Waals surface area contributed by atoms with E-state index in [-0.39, 0.29) is 23.7 Å². The molecule has 2 aromatic carbocycles. The molecular weight excluding hydrogens is 756 g/mol. The van der Waals surface area contributed by atoms with Crippen molar-refractivity contribution in [2.75, 3.05) is 54.9 Å². The number of carbonyl (C=O) groups excluding carboxylic acids is 3. The van der Waals surface area contributed by atoms with Crippen molar-refractivity contribution in [1.29, 1.82) is 0 Å². The summed E-state index contributed by atoms with van der Waals surface area (Å²) in [6.07, 6.45) is 4.02. The Hall–Kier alpha value is -6.62. The number of amides is 3. The van der Waals surface area contributed by atoms with E-state index in [0.717, 1.165) is 78.5 Å². The van der Waals surface area contributed by atoms with Crippen LogP contribution in [0.15, 0.2) is 71.8 Å². The topological polar surface area (TPSA) is 167 Å². The fraction of sp³-hybridized carbons (Fsp3) is 0.357. The van der Waals surface area contributed by atoms with Crippen molar-refractivity contribution < 1.29 is 18.8 Å². The molecule has 0 radical (unpaired) electrons. The average molecular weight is 799 g/mol. The van der Waals surface area contributed by atoms with Crippen molar-refractivity contribution in [3.63, 3.8) is 0 Å². The molecule has 17 heteroatoms. The molecule has 302 valence electrons. The fourth-order valence-corrected chi connectivity index (χ4v) is 8.88. The molecule has 4 aromatic heterocycles. The molecule has 0 bridgehead atoms. The Balaban J connectivity index is 0.830. The summed E-state index contributed by atoms with van der Waals surface area (Å²) in [6.45, 7) is 4.61. The van der Waals surface area contributed by atoms with Crippen LogP contribution in [-0.2, 0) is 29.6 Å². The Labute approximate surface area is 337 Å². The highest BCUT2D eigenvalue weighted by Crippen LogP contribution is 2.40. The van der Waals surface area contributed by atoms with Gasteiger partial charge in [0.05, 0.1) is 40.3 Å². The summed E-state index contributed by atoms with van der Waals surface area (Å²) < 4.78 is 18.2. The van der Waals surface area contributed by atoms with Crippen LogP contribution in [0, 0.1) is 0 Å². The molecule has 10 rings (SSSR count). The maximum Gasteiger partial charge on any atom is 0.329 e. The van der Waals surface area contributed by atoms with Crippen LogP contribution in [-0.4, -0.2) is 103 Å². The Kier molecular flexibility index (Phi) is 8.92. The van der Waals surface area contributed by atoms with E-state index in [1.54, 1.807) is 18.7 Å². The third kappa shape index (κ3) is 6.36. The van der Waals surface area contributed by atoms with Crippen molar-refractivity contribution in [1.82, 2.24) is 44.2 Å². The van der Waals surface area contributed by atoms with E-state index in [4.69, 9.17) is 10.1 Å². The number of rotatable bonds is 9. The second-order valence-corrected chi connectivity index (χ2v) is 15.7. The van der Waals surface area contributed by atoms with Gasteiger partial charge >= 0.3 is 5.69 Å². The number of nitrogens with zero attached hydrogens (tertiary/aromatic N) is 9. The van der Waals surface area contributed by atoms with Crippen molar-refractivity contribution in [2.45, 2.75) is 50.5 Å². The van der Waals surface area contributed by atoms with Gasteiger partial charge in [-0.25, -0.2) is 18.7 Å². The lowest BCUT2D eigenvalue weighted by atomic mass is 10.0. The van der Waals surface area contributed by atoms with Crippen molar-refractivity contribution in [3.05, 3.63) is 94.3 Å². The lowest BCUT2D eigenvalue weighted by Gasteiger charge is -2.36. The Morgan fingerprint density at radius 3 is 2.49 bits per heavy atom. The number of para-hydroxylation sites is 1. The molecule has 2 saturated heterocycles. The van der Waals surface area contributed by atoms with Gasteiger partial charge in [0, 0.05) is 89.7 Å². The molecule has 0 spiro atoms. The third-order valence-corrected chi connectivity index (χ3v) is 12.1. The lowest BCUT2D eigenvalue weighted by Crippen LogP contribution is -2.46. The zero-order valence-electron chi connectivity index (χ0n) is 32.7.